The number of aromatic nitrogens is 1. The number of methoxy groups -OCH3 is 1. The van der Waals surface area contributed by atoms with Crippen molar-refractivity contribution in [2.45, 2.75) is 6.04 Å². The maximum atomic E-state index is 13.2. The summed E-state index contributed by atoms with van der Waals surface area (Å²) in [7, 11) is 1.70. The van der Waals surface area contributed by atoms with Crippen molar-refractivity contribution < 1.29 is 13.9 Å². The summed E-state index contributed by atoms with van der Waals surface area (Å²) in [6, 6.07) is 17.4. The van der Waals surface area contributed by atoms with Crippen molar-refractivity contribution in [2.75, 3.05) is 55.8 Å². The summed E-state index contributed by atoms with van der Waals surface area (Å²) < 4.78 is 18.6. The second-order valence-electron chi connectivity index (χ2n) is 8.40. The van der Waals surface area contributed by atoms with Gasteiger partial charge in [-0.15, -0.1) is 0 Å². The molecule has 7 nitrogen and oxygen atoms in total. The number of nitrogen functional groups attached to an aromatic ring is 1. The van der Waals surface area contributed by atoms with E-state index >= 15 is 0 Å². The van der Waals surface area contributed by atoms with Crippen LogP contribution in [0.1, 0.15) is 15.9 Å². The van der Waals surface area contributed by atoms with Crippen molar-refractivity contribution in [3.63, 3.8) is 0 Å². The molecule has 0 spiro atoms. The lowest BCUT2D eigenvalue weighted by Gasteiger charge is -2.38. The summed E-state index contributed by atoms with van der Waals surface area (Å²) in [6.07, 6.45) is 5.71. The van der Waals surface area contributed by atoms with Crippen LogP contribution in [0.2, 0.25) is 0 Å². The van der Waals surface area contributed by atoms with Crippen LogP contribution < -0.4 is 16.0 Å². The quantitative estimate of drug-likeness (QED) is 0.481. The highest BCUT2D eigenvalue weighted by Crippen LogP contribution is 2.20. The Morgan fingerprint density at radius 2 is 1.86 bits per heavy atom. The Kier molecular flexibility index (Phi) is 8.07. The lowest BCUT2D eigenvalue weighted by Crippen LogP contribution is -2.51. The number of carbonyl (C=O) groups excluding carboxylic acids is 1. The van der Waals surface area contributed by atoms with Crippen LogP contribution in [0, 0.1) is 5.82 Å². The Morgan fingerprint density at radius 3 is 2.51 bits per heavy atom. The average molecular weight is 476 g/mol. The van der Waals surface area contributed by atoms with Gasteiger partial charge in [-0.3, -0.25) is 9.69 Å². The molecular formula is C27H30FN5O2. The minimum Gasteiger partial charge on any atom is -0.397 e. The molecule has 1 aliphatic heterocycles. The molecule has 1 aliphatic rings. The zero-order valence-electron chi connectivity index (χ0n) is 19.7. The van der Waals surface area contributed by atoms with E-state index in [0.717, 1.165) is 37.6 Å². The van der Waals surface area contributed by atoms with Crippen LogP contribution in [0.5, 0.6) is 0 Å². The maximum absolute atomic E-state index is 13.2. The minimum atomic E-state index is -0.248. The SMILES string of the molecule is COCC(C=Cc1ccc(F)cc1)N1CCN(c2ccc(C(=O)Nc3ccccc3N)cn2)CC1. The fraction of sp³-hybridized carbons (Fsp3) is 0.259. The highest BCUT2D eigenvalue weighted by atomic mass is 19.1. The summed E-state index contributed by atoms with van der Waals surface area (Å²) in [5, 5.41) is 2.82. The molecule has 3 aromatic rings. The smallest absolute Gasteiger partial charge is 0.257 e. The van der Waals surface area contributed by atoms with E-state index in [9.17, 15) is 9.18 Å². The van der Waals surface area contributed by atoms with Gasteiger partial charge in [-0.25, -0.2) is 9.37 Å². The van der Waals surface area contributed by atoms with Gasteiger partial charge in [-0.1, -0.05) is 36.4 Å². The molecular weight excluding hydrogens is 445 g/mol. The van der Waals surface area contributed by atoms with Crippen LogP contribution in [0.15, 0.2) is 72.9 Å². The molecule has 1 aromatic heterocycles. The Hall–Kier alpha value is -3.75. The van der Waals surface area contributed by atoms with Gasteiger partial charge < -0.3 is 20.7 Å². The van der Waals surface area contributed by atoms with Gasteiger partial charge >= 0.3 is 0 Å². The molecule has 182 valence electrons. The number of benzene rings is 2. The monoisotopic (exact) mass is 475 g/mol. The van der Waals surface area contributed by atoms with Gasteiger partial charge in [0.25, 0.3) is 5.91 Å². The molecule has 2 heterocycles. The molecule has 1 unspecified atom stereocenters. The van der Waals surface area contributed by atoms with Crippen LogP contribution in [0.25, 0.3) is 6.08 Å². The predicted molar refractivity (Wildman–Crippen MR) is 138 cm³/mol. The summed E-state index contributed by atoms with van der Waals surface area (Å²) in [6.45, 7) is 3.89. The highest BCUT2D eigenvalue weighted by molar-refractivity contribution is 6.05. The van der Waals surface area contributed by atoms with E-state index in [4.69, 9.17) is 10.5 Å². The molecule has 4 rings (SSSR count). The molecule has 1 amide bonds. The molecule has 3 N–H and O–H groups in total. The first-order valence-electron chi connectivity index (χ1n) is 11.6. The van der Waals surface area contributed by atoms with E-state index < -0.39 is 0 Å². The molecule has 1 saturated heterocycles. The Morgan fingerprint density at radius 1 is 1.11 bits per heavy atom. The van der Waals surface area contributed by atoms with Crippen molar-refractivity contribution >= 4 is 29.2 Å². The first-order valence-corrected chi connectivity index (χ1v) is 11.6. The molecule has 0 radical (unpaired) electrons. The maximum Gasteiger partial charge on any atom is 0.257 e. The van der Waals surface area contributed by atoms with E-state index in [0.29, 0.717) is 23.5 Å². The number of nitrogens with two attached hydrogens (primary N) is 1. The summed E-state index contributed by atoms with van der Waals surface area (Å²) in [5.74, 6) is 0.350. The second kappa shape index (κ2) is 11.6. The molecule has 0 saturated carbocycles. The van der Waals surface area contributed by atoms with E-state index in [2.05, 4.69) is 26.2 Å². The van der Waals surface area contributed by atoms with Gasteiger partial charge in [-0.05, 0) is 42.0 Å². The molecule has 2 aromatic carbocycles. The number of amides is 1. The van der Waals surface area contributed by atoms with Gasteiger partial charge in [0.15, 0.2) is 0 Å². The van der Waals surface area contributed by atoms with E-state index in [1.165, 1.54) is 12.1 Å². The number of carbonyl (C=O) groups is 1. The Bertz CT molecular complexity index is 1140. The van der Waals surface area contributed by atoms with Crippen LogP contribution in [-0.4, -0.2) is 61.7 Å². The van der Waals surface area contributed by atoms with Crippen molar-refractivity contribution in [2.24, 2.45) is 0 Å². The third kappa shape index (κ3) is 6.44. The fourth-order valence-corrected chi connectivity index (χ4v) is 4.04. The fourth-order valence-electron chi connectivity index (χ4n) is 4.04. The number of hydrogen-bond donors (Lipinski definition) is 2. The molecule has 0 bridgehead atoms. The van der Waals surface area contributed by atoms with Crippen molar-refractivity contribution in [3.05, 3.63) is 89.9 Å². The normalized spacial score (nSPS) is 15.3. The number of piperazine rings is 1. The Labute approximate surface area is 205 Å². The molecule has 0 aliphatic carbocycles. The van der Waals surface area contributed by atoms with Crippen molar-refractivity contribution in [1.29, 1.82) is 0 Å². The van der Waals surface area contributed by atoms with Crippen LogP contribution in [0.3, 0.4) is 0 Å². The number of para-hydroxylation sites is 2. The lowest BCUT2D eigenvalue weighted by atomic mass is 10.1. The molecule has 1 atom stereocenters. The van der Waals surface area contributed by atoms with Gasteiger partial charge in [0.1, 0.15) is 11.6 Å². The first-order chi connectivity index (χ1) is 17.0. The van der Waals surface area contributed by atoms with Gasteiger partial charge in [-0.2, -0.15) is 0 Å². The number of anilines is 3. The largest absolute Gasteiger partial charge is 0.397 e. The number of pyridine rings is 1. The third-order valence-corrected chi connectivity index (χ3v) is 6.04. The third-order valence-electron chi connectivity index (χ3n) is 6.04. The van der Waals surface area contributed by atoms with Crippen molar-refractivity contribution in [1.82, 2.24) is 9.88 Å². The number of nitrogens with zero attached hydrogens (tertiary/aromatic N) is 3. The highest BCUT2D eigenvalue weighted by Gasteiger charge is 2.23. The van der Waals surface area contributed by atoms with E-state index in [1.54, 1.807) is 43.6 Å². The van der Waals surface area contributed by atoms with E-state index in [1.807, 2.05) is 24.3 Å². The zero-order chi connectivity index (χ0) is 24.6. The summed E-state index contributed by atoms with van der Waals surface area (Å²) >= 11 is 0. The second-order valence-corrected chi connectivity index (χ2v) is 8.40. The van der Waals surface area contributed by atoms with Gasteiger partial charge in [0, 0.05) is 39.5 Å². The number of nitrogens with one attached hydrogen (secondary N) is 1. The topological polar surface area (TPSA) is 83.7 Å². The number of halogens is 1. The van der Waals surface area contributed by atoms with Gasteiger partial charge in [0.2, 0.25) is 0 Å². The van der Waals surface area contributed by atoms with Crippen LogP contribution in [-0.2, 0) is 4.74 Å². The lowest BCUT2D eigenvalue weighted by molar-refractivity contribution is 0.102. The first kappa shape index (κ1) is 24.4. The van der Waals surface area contributed by atoms with Gasteiger partial charge in [0.05, 0.1) is 29.6 Å². The minimum absolute atomic E-state index is 0.122. The average Bonchev–Trinajstić information content (AvgIpc) is 2.89. The van der Waals surface area contributed by atoms with E-state index in [-0.39, 0.29) is 17.8 Å². The number of rotatable bonds is 8. The number of ether oxygens (including phenoxy) is 1. The molecule has 8 heteroatoms. The van der Waals surface area contributed by atoms with Crippen LogP contribution in [0.4, 0.5) is 21.6 Å². The summed E-state index contributed by atoms with van der Waals surface area (Å²) in [5.41, 5.74) is 8.43. The molecule has 35 heavy (non-hydrogen) atoms. The predicted octanol–water partition coefficient (Wildman–Crippen LogP) is 3.91. The molecule has 1 fully saturated rings. The summed E-state index contributed by atoms with van der Waals surface area (Å²) in [4.78, 5) is 21.6. The number of hydrogen-bond acceptors (Lipinski definition) is 6. The van der Waals surface area contributed by atoms with Crippen LogP contribution >= 0.6 is 0 Å². The Balaban J connectivity index is 1.33. The zero-order valence-corrected chi connectivity index (χ0v) is 19.7. The van der Waals surface area contributed by atoms with Crippen molar-refractivity contribution in [3.8, 4) is 0 Å². The standard InChI is InChI=1S/C27H30FN5O2/c1-35-19-23(12-8-20-6-10-22(28)11-7-20)32-14-16-33(17-15-32)26-13-9-21(18-30-26)27(34)31-25-5-3-2-4-24(25)29/h2-13,18,23H,14-17,19,29H2,1H3,(H,31,34).